The summed E-state index contributed by atoms with van der Waals surface area (Å²) in [4.78, 5) is 4.29. The average Bonchev–Trinajstić information content (AvgIpc) is 2.69. The SMILES string of the molecule is CC(C)Cn1ccnc1Nc1ccc(Cl)cc1Cl. The fourth-order valence-corrected chi connectivity index (χ4v) is 2.14. The van der Waals surface area contributed by atoms with E-state index in [1.54, 1.807) is 18.3 Å². The lowest BCUT2D eigenvalue weighted by Crippen LogP contribution is -2.07. The Labute approximate surface area is 117 Å². The van der Waals surface area contributed by atoms with Gasteiger partial charge in [0, 0.05) is 24.0 Å². The fourth-order valence-electron chi connectivity index (χ4n) is 1.69. The van der Waals surface area contributed by atoms with E-state index in [0.29, 0.717) is 16.0 Å². The Kier molecular flexibility index (Phi) is 4.15. The van der Waals surface area contributed by atoms with Crippen LogP contribution in [0.4, 0.5) is 11.6 Å². The van der Waals surface area contributed by atoms with Crippen LogP contribution in [0.15, 0.2) is 30.6 Å². The normalized spacial score (nSPS) is 10.9. The van der Waals surface area contributed by atoms with Crippen molar-refractivity contribution in [2.45, 2.75) is 20.4 Å². The molecule has 0 radical (unpaired) electrons. The van der Waals surface area contributed by atoms with Crippen molar-refractivity contribution in [2.24, 2.45) is 5.92 Å². The second-order valence-electron chi connectivity index (χ2n) is 4.55. The van der Waals surface area contributed by atoms with Gasteiger partial charge in [-0.3, -0.25) is 0 Å². The Bertz CT molecular complexity index is 535. The van der Waals surface area contributed by atoms with Gasteiger partial charge >= 0.3 is 0 Å². The van der Waals surface area contributed by atoms with Crippen molar-refractivity contribution in [3.63, 3.8) is 0 Å². The molecule has 0 bridgehead atoms. The average molecular weight is 284 g/mol. The third-order valence-corrected chi connectivity index (χ3v) is 3.00. The molecular weight excluding hydrogens is 269 g/mol. The van der Waals surface area contributed by atoms with Crippen LogP contribution in [0.2, 0.25) is 10.0 Å². The van der Waals surface area contributed by atoms with E-state index in [1.165, 1.54) is 0 Å². The minimum Gasteiger partial charge on any atom is -0.324 e. The third-order valence-electron chi connectivity index (χ3n) is 2.45. The number of aromatic nitrogens is 2. The molecule has 1 N–H and O–H groups in total. The van der Waals surface area contributed by atoms with E-state index in [-0.39, 0.29) is 0 Å². The molecule has 0 aliphatic carbocycles. The van der Waals surface area contributed by atoms with E-state index in [0.717, 1.165) is 18.2 Å². The number of hydrogen-bond donors (Lipinski definition) is 1. The number of imidazole rings is 1. The maximum absolute atomic E-state index is 6.12. The van der Waals surface area contributed by atoms with Gasteiger partial charge in [0.15, 0.2) is 0 Å². The smallest absolute Gasteiger partial charge is 0.207 e. The van der Waals surface area contributed by atoms with E-state index in [9.17, 15) is 0 Å². The van der Waals surface area contributed by atoms with Crippen LogP contribution in [-0.4, -0.2) is 9.55 Å². The predicted octanol–water partition coefficient (Wildman–Crippen LogP) is 4.59. The van der Waals surface area contributed by atoms with Crippen LogP contribution >= 0.6 is 23.2 Å². The first-order valence-corrected chi connectivity index (χ1v) is 6.55. The van der Waals surface area contributed by atoms with Crippen molar-refractivity contribution in [2.75, 3.05) is 5.32 Å². The summed E-state index contributed by atoms with van der Waals surface area (Å²) in [7, 11) is 0. The van der Waals surface area contributed by atoms with Crippen LogP contribution in [-0.2, 0) is 6.54 Å². The Balaban J connectivity index is 2.21. The molecule has 0 unspecified atom stereocenters. The van der Waals surface area contributed by atoms with Crippen LogP contribution in [0.5, 0.6) is 0 Å². The van der Waals surface area contributed by atoms with Crippen molar-refractivity contribution in [1.29, 1.82) is 0 Å². The van der Waals surface area contributed by atoms with Gasteiger partial charge in [0.25, 0.3) is 0 Å². The molecule has 2 rings (SSSR count). The maximum Gasteiger partial charge on any atom is 0.207 e. The van der Waals surface area contributed by atoms with Crippen LogP contribution in [0.25, 0.3) is 0 Å². The molecule has 1 aromatic heterocycles. The van der Waals surface area contributed by atoms with Crippen molar-refractivity contribution >= 4 is 34.8 Å². The van der Waals surface area contributed by atoms with Crippen molar-refractivity contribution in [1.82, 2.24) is 9.55 Å². The number of nitrogens with one attached hydrogen (secondary N) is 1. The summed E-state index contributed by atoms with van der Waals surface area (Å²) in [6.45, 7) is 5.24. The maximum atomic E-state index is 6.12. The molecule has 96 valence electrons. The highest BCUT2D eigenvalue weighted by atomic mass is 35.5. The Morgan fingerprint density at radius 1 is 1.33 bits per heavy atom. The summed E-state index contributed by atoms with van der Waals surface area (Å²) in [5.41, 5.74) is 0.803. The highest BCUT2D eigenvalue weighted by Crippen LogP contribution is 2.27. The topological polar surface area (TPSA) is 29.9 Å². The first-order chi connectivity index (χ1) is 8.56. The summed E-state index contributed by atoms with van der Waals surface area (Å²) in [5.74, 6) is 1.34. The second-order valence-corrected chi connectivity index (χ2v) is 5.39. The number of benzene rings is 1. The summed E-state index contributed by atoms with van der Waals surface area (Å²) in [5, 5.41) is 4.42. The Hall–Kier alpha value is -1.19. The van der Waals surface area contributed by atoms with Gasteiger partial charge in [0.05, 0.1) is 10.7 Å². The highest BCUT2D eigenvalue weighted by Gasteiger charge is 2.07. The van der Waals surface area contributed by atoms with E-state index in [1.807, 2.05) is 12.3 Å². The minimum absolute atomic E-state index is 0.556. The molecule has 5 heteroatoms. The van der Waals surface area contributed by atoms with E-state index in [2.05, 4.69) is 28.7 Å². The summed E-state index contributed by atoms with van der Waals surface area (Å²) < 4.78 is 2.07. The number of rotatable bonds is 4. The Morgan fingerprint density at radius 2 is 2.11 bits per heavy atom. The van der Waals surface area contributed by atoms with Crippen LogP contribution in [0, 0.1) is 5.92 Å². The lowest BCUT2D eigenvalue weighted by Gasteiger charge is -2.12. The third kappa shape index (κ3) is 3.18. The first kappa shape index (κ1) is 13.2. The van der Waals surface area contributed by atoms with E-state index < -0.39 is 0 Å². The van der Waals surface area contributed by atoms with Gasteiger partial charge in [-0.25, -0.2) is 4.98 Å². The van der Waals surface area contributed by atoms with Gasteiger partial charge in [-0.1, -0.05) is 37.0 Å². The zero-order valence-electron chi connectivity index (χ0n) is 10.3. The number of anilines is 2. The molecule has 0 aliphatic rings. The Morgan fingerprint density at radius 3 is 2.78 bits per heavy atom. The molecule has 0 amide bonds. The molecule has 0 atom stereocenters. The molecule has 3 nitrogen and oxygen atoms in total. The van der Waals surface area contributed by atoms with Gasteiger partial charge in [0.1, 0.15) is 0 Å². The molecule has 0 saturated heterocycles. The first-order valence-electron chi connectivity index (χ1n) is 5.79. The molecule has 0 spiro atoms. The quantitative estimate of drug-likeness (QED) is 0.889. The molecule has 1 heterocycles. The lowest BCUT2D eigenvalue weighted by atomic mass is 10.2. The lowest BCUT2D eigenvalue weighted by molar-refractivity contribution is 0.527. The summed E-state index contributed by atoms with van der Waals surface area (Å²) in [6.07, 6.45) is 3.72. The molecule has 18 heavy (non-hydrogen) atoms. The van der Waals surface area contributed by atoms with Gasteiger partial charge in [-0.15, -0.1) is 0 Å². The molecule has 0 fully saturated rings. The molecular formula is C13H15Cl2N3. The van der Waals surface area contributed by atoms with Crippen LogP contribution in [0.3, 0.4) is 0 Å². The molecule has 0 aliphatic heterocycles. The highest BCUT2D eigenvalue weighted by molar-refractivity contribution is 6.36. The largest absolute Gasteiger partial charge is 0.324 e. The second kappa shape index (κ2) is 5.63. The monoisotopic (exact) mass is 283 g/mol. The van der Waals surface area contributed by atoms with E-state index in [4.69, 9.17) is 23.2 Å². The standard InChI is InChI=1S/C13H15Cl2N3/c1-9(2)8-18-6-5-16-13(18)17-12-4-3-10(14)7-11(12)15/h3-7,9H,8H2,1-2H3,(H,16,17). The minimum atomic E-state index is 0.556. The number of hydrogen-bond acceptors (Lipinski definition) is 2. The van der Waals surface area contributed by atoms with Crippen LogP contribution < -0.4 is 5.32 Å². The van der Waals surface area contributed by atoms with Crippen molar-refractivity contribution < 1.29 is 0 Å². The zero-order chi connectivity index (χ0) is 13.1. The number of halogens is 2. The predicted molar refractivity (Wildman–Crippen MR) is 76.8 cm³/mol. The van der Waals surface area contributed by atoms with Gasteiger partial charge in [-0.05, 0) is 24.1 Å². The summed E-state index contributed by atoms with van der Waals surface area (Å²) >= 11 is 12.0. The molecule has 1 aromatic carbocycles. The van der Waals surface area contributed by atoms with Crippen molar-refractivity contribution in [3.05, 3.63) is 40.6 Å². The van der Waals surface area contributed by atoms with E-state index >= 15 is 0 Å². The fraction of sp³-hybridized carbons (Fsp3) is 0.308. The number of nitrogens with zero attached hydrogens (tertiary/aromatic N) is 2. The molecule has 2 aromatic rings. The zero-order valence-corrected chi connectivity index (χ0v) is 11.8. The van der Waals surface area contributed by atoms with Crippen LogP contribution in [0.1, 0.15) is 13.8 Å². The summed E-state index contributed by atoms with van der Waals surface area (Å²) in [6, 6.07) is 5.35. The van der Waals surface area contributed by atoms with Gasteiger partial charge in [0.2, 0.25) is 5.95 Å². The van der Waals surface area contributed by atoms with Gasteiger partial charge < -0.3 is 9.88 Å². The van der Waals surface area contributed by atoms with Crippen molar-refractivity contribution in [3.8, 4) is 0 Å². The van der Waals surface area contributed by atoms with Gasteiger partial charge in [-0.2, -0.15) is 0 Å². The molecule has 0 saturated carbocycles.